The number of rotatable bonds is 4. The van der Waals surface area contributed by atoms with Crippen molar-refractivity contribution in [2.45, 2.75) is 6.61 Å². The molecule has 7 nitrogen and oxygen atoms in total. The van der Waals surface area contributed by atoms with Crippen molar-refractivity contribution in [2.75, 3.05) is 7.11 Å². The highest BCUT2D eigenvalue weighted by Crippen LogP contribution is 2.12. The summed E-state index contributed by atoms with van der Waals surface area (Å²) in [5, 5.41) is 8.54. The number of hydrogen-bond donors (Lipinski definition) is 0. The number of carbonyl (C=O) groups is 1. The summed E-state index contributed by atoms with van der Waals surface area (Å²) in [5.74, 6) is 0.664. The maximum Gasteiger partial charge on any atom is 0.486 e. The Morgan fingerprint density at radius 3 is 2.50 bits per heavy atom. The van der Waals surface area contributed by atoms with Crippen LogP contribution in [-0.2, 0) is 16.2 Å². The fourth-order valence-corrected chi connectivity index (χ4v) is 0.951. The molecule has 0 fully saturated rings. The first kappa shape index (κ1) is 11.8. The SMILES string of the molecule is COc1ccc(COC(=O)O[N+](=O)[O-])cc1. The number of benzene rings is 1. The molecule has 0 N–H and O–H groups in total. The van der Waals surface area contributed by atoms with E-state index in [2.05, 4.69) is 9.57 Å². The van der Waals surface area contributed by atoms with Gasteiger partial charge in [0.05, 0.1) is 7.11 Å². The van der Waals surface area contributed by atoms with E-state index in [4.69, 9.17) is 4.74 Å². The van der Waals surface area contributed by atoms with Gasteiger partial charge in [0.1, 0.15) is 12.4 Å². The van der Waals surface area contributed by atoms with Crippen LogP contribution in [0.15, 0.2) is 24.3 Å². The Morgan fingerprint density at radius 1 is 1.38 bits per heavy atom. The van der Waals surface area contributed by atoms with Gasteiger partial charge >= 0.3 is 11.2 Å². The molecule has 16 heavy (non-hydrogen) atoms. The third kappa shape index (κ3) is 3.82. The Morgan fingerprint density at radius 2 is 2.00 bits per heavy atom. The molecule has 0 amide bonds. The van der Waals surface area contributed by atoms with E-state index < -0.39 is 11.2 Å². The van der Waals surface area contributed by atoms with Crippen molar-refractivity contribution in [3.05, 3.63) is 39.9 Å². The average Bonchev–Trinajstić information content (AvgIpc) is 2.26. The van der Waals surface area contributed by atoms with Crippen LogP contribution < -0.4 is 4.74 Å². The van der Waals surface area contributed by atoms with Crippen molar-refractivity contribution in [2.24, 2.45) is 0 Å². The highest BCUT2D eigenvalue weighted by molar-refractivity contribution is 5.58. The lowest BCUT2D eigenvalue weighted by atomic mass is 10.2. The summed E-state index contributed by atoms with van der Waals surface area (Å²) >= 11 is 0. The van der Waals surface area contributed by atoms with Gasteiger partial charge in [-0.25, -0.2) is 4.79 Å². The second-order valence-corrected chi connectivity index (χ2v) is 2.70. The Bertz CT molecular complexity index is 374. The largest absolute Gasteiger partial charge is 0.497 e. The summed E-state index contributed by atoms with van der Waals surface area (Å²) < 4.78 is 9.39. The average molecular weight is 227 g/mol. The van der Waals surface area contributed by atoms with Gasteiger partial charge in [0.15, 0.2) is 0 Å². The maximum atomic E-state index is 10.6. The van der Waals surface area contributed by atoms with Crippen LogP contribution in [0.2, 0.25) is 0 Å². The molecule has 86 valence electrons. The lowest BCUT2D eigenvalue weighted by Crippen LogP contribution is -2.11. The van der Waals surface area contributed by atoms with Crippen LogP contribution >= 0.6 is 0 Å². The Hall–Kier alpha value is -2.31. The van der Waals surface area contributed by atoms with Gasteiger partial charge in [-0.1, -0.05) is 12.1 Å². The van der Waals surface area contributed by atoms with Crippen molar-refractivity contribution in [3.8, 4) is 5.75 Å². The third-order valence-corrected chi connectivity index (χ3v) is 1.66. The first-order valence-corrected chi connectivity index (χ1v) is 4.24. The second-order valence-electron chi connectivity index (χ2n) is 2.70. The van der Waals surface area contributed by atoms with Crippen molar-refractivity contribution in [3.63, 3.8) is 0 Å². The molecule has 1 aromatic carbocycles. The fraction of sp³-hybridized carbons (Fsp3) is 0.222. The molecular weight excluding hydrogens is 218 g/mol. The monoisotopic (exact) mass is 227 g/mol. The smallest absolute Gasteiger partial charge is 0.486 e. The minimum Gasteiger partial charge on any atom is -0.497 e. The summed E-state index contributed by atoms with van der Waals surface area (Å²) in [4.78, 5) is 24.0. The topological polar surface area (TPSA) is 87.9 Å². The van der Waals surface area contributed by atoms with E-state index in [1.54, 1.807) is 24.3 Å². The molecule has 0 bridgehead atoms. The molecule has 7 heteroatoms. The van der Waals surface area contributed by atoms with Gasteiger partial charge in [-0.3, -0.25) is 0 Å². The Labute approximate surface area is 90.6 Å². The Balaban J connectivity index is 2.42. The molecule has 0 aliphatic carbocycles. The maximum absolute atomic E-state index is 10.6. The molecule has 0 aliphatic rings. The zero-order chi connectivity index (χ0) is 12.0. The van der Waals surface area contributed by atoms with Gasteiger partial charge in [0.25, 0.3) is 0 Å². The molecule has 0 heterocycles. The second kappa shape index (κ2) is 5.54. The molecule has 0 saturated heterocycles. The summed E-state index contributed by atoms with van der Waals surface area (Å²) in [6.07, 6.45) is -1.35. The van der Waals surface area contributed by atoms with E-state index in [1.807, 2.05) is 0 Å². The minimum atomic E-state index is -1.35. The van der Waals surface area contributed by atoms with Crippen LogP contribution in [0.1, 0.15) is 5.56 Å². The van der Waals surface area contributed by atoms with Crippen LogP contribution in [0.25, 0.3) is 0 Å². The van der Waals surface area contributed by atoms with Gasteiger partial charge in [-0.05, 0) is 17.7 Å². The van der Waals surface area contributed by atoms with Crippen LogP contribution in [0, 0.1) is 10.1 Å². The van der Waals surface area contributed by atoms with Crippen LogP contribution in [0.4, 0.5) is 4.79 Å². The normalized spacial score (nSPS) is 9.31. The number of carbonyl (C=O) groups excluding carboxylic acids is 1. The standard InChI is InChI=1S/C9H9NO6/c1-14-8-4-2-7(3-5-8)6-15-9(11)16-10(12)13/h2-5H,6H2,1H3. The van der Waals surface area contributed by atoms with E-state index in [9.17, 15) is 14.9 Å². The summed E-state index contributed by atoms with van der Waals surface area (Å²) in [5.41, 5.74) is 0.668. The lowest BCUT2D eigenvalue weighted by molar-refractivity contribution is -0.730. The van der Waals surface area contributed by atoms with E-state index in [-0.39, 0.29) is 6.61 Å². The van der Waals surface area contributed by atoms with Crippen LogP contribution in [0.5, 0.6) is 5.75 Å². The van der Waals surface area contributed by atoms with Crippen molar-refractivity contribution in [1.82, 2.24) is 0 Å². The molecule has 1 rings (SSSR count). The van der Waals surface area contributed by atoms with E-state index in [1.165, 1.54) is 7.11 Å². The first-order chi connectivity index (χ1) is 7.61. The van der Waals surface area contributed by atoms with Gasteiger partial charge in [0, 0.05) is 0 Å². The molecular formula is C9H9NO6. The number of nitrogens with zero attached hydrogens (tertiary/aromatic N) is 1. The van der Waals surface area contributed by atoms with Gasteiger partial charge < -0.3 is 9.47 Å². The molecule has 0 atom stereocenters. The predicted octanol–water partition coefficient (Wildman–Crippen LogP) is 1.54. The molecule has 0 radical (unpaired) electrons. The van der Waals surface area contributed by atoms with E-state index in [0.29, 0.717) is 11.3 Å². The van der Waals surface area contributed by atoms with Gasteiger partial charge in [-0.2, -0.15) is 4.84 Å². The quantitative estimate of drug-likeness (QED) is 0.440. The molecule has 0 spiro atoms. The van der Waals surface area contributed by atoms with E-state index in [0.717, 1.165) is 0 Å². The van der Waals surface area contributed by atoms with Crippen molar-refractivity contribution < 1.29 is 24.2 Å². The zero-order valence-electron chi connectivity index (χ0n) is 8.41. The predicted molar refractivity (Wildman–Crippen MR) is 51.3 cm³/mol. The Kier molecular flexibility index (Phi) is 4.07. The van der Waals surface area contributed by atoms with Crippen molar-refractivity contribution >= 4 is 6.16 Å². The summed E-state index contributed by atoms with van der Waals surface area (Å²) in [7, 11) is 1.53. The number of methoxy groups -OCH3 is 1. The van der Waals surface area contributed by atoms with Crippen LogP contribution in [-0.4, -0.2) is 18.4 Å². The molecule has 1 aromatic rings. The molecule has 0 aliphatic heterocycles. The fourth-order valence-electron chi connectivity index (χ4n) is 0.951. The highest BCUT2D eigenvalue weighted by atomic mass is 17.0. The van der Waals surface area contributed by atoms with Gasteiger partial charge in [0.2, 0.25) is 0 Å². The number of ether oxygens (including phenoxy) is 2. The molecule has 0 saturated carbocycles. The number of hydrogen-bond acceptors (Lipinski definition) is 6. The zero-order valence-corrected chi connectivity index (χ0v) is 8.41. The summed E-state index contributed by atoms with van der Waals surface area (Å²) in [6.45, 7) is -0.101. The first-order valence-electron chi connectivity index (χ1n) is 4.24. The minimum absolute atomic E-state index is 0.101. The van der Waals surface area contributed by atoms with E-state index >= 15 is 0 Å². The third-order valence-electron chi connectivity index (χ3n) is 1.66. The molecule has 0 aromatic heterocycles. The van der Waals surface area contributed by atoms with Gasteiger partial charge in [-0.15, -0.1) is 10.1 Å². The lowest BCUT2D eigenvalue weighted by Gasteiger charge is -2.04. The van der Waals surface area contributed by atoms with Crippen molar-refractivity contribution in [1.29, 1.82) is 0 Å². The van der Waals surface area contributed by atoms with Crippen LogP contribution in [0.3, 0.4) is 0 Å². The molecule has 0 unspecified atom stereocenters. The summed E-state index contributed by atoms with van der Waals surface area (Å²) in [6, 6.07) is 6.69. The highest BCUT2D eigenvalue weighted by Gasteiger charge is 2.08.